The van der Waals surface area contributed by atoms with Gasteiger partial charge in [0.2, 0.25) is 5.91 Å². The number of piperidine rings is 1. The van der Waals surface area contributed by atoms with Crippen LogP contribution in [-0.2, 0) is 4.79 Å². The lowest BCUT2D eigenvalue weighted by atomic mass is 9.97. The standard InChI is InChI=1S/C13H24N2O/c1-11(12-7-4-5-9-14-12)15-10-6-2-3-8-13(15)16/h11-12,14H,2-10H2,1H3. The van der Waals surface area contributed by atoms with Crippen LogP contribution in [0.25, 0.3) is 0 Å². The van der Waals surface area contributed by atoms with E-state index >= 15 is 0 Å². The number of nitrogens with zero attached hydrogens (tertiary/aromatic N) is 1. The highest BCUT2D eigenvalue weighted by Gasteiger charge is 2.28. The molecule has 0 radical (unpaired) electrons. The van der Waals surface area contributed by atoms with Crippen molar-refractivity contribution in [2.75, 3.05) is 13.1 Å². The molecule has 0 spiro atoms. The summed E-state index contributed by atoms with van der Waals surface area (Å²) in [4.78, 5) is 14.1. The highest BCUT2D eigenvalue weighted by atomic mass is 16.2. The third-order valence-electron chi connectivity index (χ3n) is 4.03. The summed E-state index contributed by atoms with van der Waals surface area (Å²) in [5, 5.41) is 3.56. The van der Waals surface area contributed by atoms with Gasteiger partial charge in [0.05, 0.1) is 0 Å². The first-order valence-electron chi connectivity index (χ1n) is 6.82. The molecule has 1 amide bonds. The Morgan fingerprint density at radius 3 is 2.88 bits per heavy atom. The molecule has 0 saturated carbocycles. The van der Waals surface area contributed by atoms with Crippen molar-refractivity contribution in [3.8, 4) is 0 Å². The molecule has 2 atom stereocenters. The minimum absolute atomic E-state index is 0.373. The normalized spacial score (nSPS) is 29.9. The number of carbonyl (C=O) groups excluding carboxylic acids is 1. The van der Waals surface area contributed by atoms with E-state index in [0.29, 0.717) is 18.0 Å². The molecule has 0 aliphatic carbocycles. The smallest absolute Gasteiger partial charge is 0.222 e. The van der Waals surface area contributed by atoms with E-state index in [9.17, 15) is 4.79 Å². The van der Waals surface area contributed by atoms with Crippen LogP contribution in [0.3, 0.4) is 0 Å². The summed E-state index contributed by atoms with van der Waals surface area (Å²) in [5.41, 5.74) is 0. The SMILES string of the molecule is CC(C1CCCCN1)N1CCCCCC1=O. The fourth-order valence-corrected chi connectivity index (χ4v) is 2.94. The zero-order valence-electron chi connectivity index (χ0n) is 10.4. The lowest BCUT2D eigenvalue weighted by Gasteiger charge is -2.36. The molecule has 2 unspecified atom stereocenters. The Morgan fingerprint density at radius 2 is 2.12 bits per heavy atom. The summed E-state index contributed by atoms with van der Waals surface area (Å²) in [6.45, 7) is 4.31. The number of likely N-dealkylation sites (tertiary alicyclic amines) is 1. The number of nitrogens with one attached hydrogen (secondary N) is 1. The fourth-order valence-electron chi connectivity index (χ4n) is 2.94. The van der Waals surface area contributed by atoms with Gasteiger partial charge in [-0.1, -0.05) is 12.8 Å². The predicted octanol–water partition coefficient (Wildman–Crippen LogP) is 1.92. The van der Waals surface area contributed by atoms with E-state index in [2.05, 4.69) is 17.1 Å². The molecule has 1 N–H and O–H groups in total. The number of rotatable bonds is 2. The topological polar surface area (TPSA) is 32.3 Å². The van der Waals surface area contributed by atoms with Crippen molar-refractivity contribution in [1.82, 2.24) is 10.2 Å². The zero-order valence-corrected chi connectivity index (χ0v) is 10.4. The molecule has 2 aliphatic heterocycles. The maximum Gasteiger partial charge on any atom is 0.222 e. The molecule has 3 nitrogen and oxygen atoms in total. The van der Waals surface area contributed by atoms with E-state index < -0.39 is 0 Å². The Kier molecular flexibility index (Phi) is 4.22. The second-order valence-corrected chi connectivity index (χ2v) is 5.19. The van der Waals surface area contributed by atoms with Gasteiger partial charge in [-0.15, -0.1) is 0 Å². The molecule has 0 bridgehead atoms. The quantitative estimate of drug-likeness (QED) is 0.777. The average molecular weight is 224 g/mol. The second-order valence-electron chi connectivity index (χ2n) is 5.19. The van der Waals surface area contributed by atoms with Crippen LogP contribution >= 0.6 is 0 Å². The summed E-state index contributed by atoms with van der Waals surface area (Å²) in [6.07, 6.45) is 8.07. The van der Waals surface area contributed by atoms with Gasteiger partial charge in [-0.2, -0.15) is 0 Å². The van der Waals surface area contributed by atoms with E-state index in [-0.39, 0.29) is 0 Å². The molecule has 0 aromatic heterocycles. The first-order chi connectivity index (χ1) is 7.79. The molecular formula is C13H24N2O. The second kappa shape index (κ2) is 5.67. The van der Waals surface area contributed by atoms with Crippen LogP contribution in [0.5, 0.6) is 0 Å². The molecule has 2 fully saturated rings. The molecule has 0 aromatic rings. The van der Waals surface area contributed by atoms with Crippen LogP contribution in [0.2, 0.25) is 0 Å². The van der Waals surface area contributed by atoms with Crippen molar-refractivity contribution < 1.29 is 4.79 Å². The Labute approximate surface area is 98.6 Å². The molecule has 92 valence electrons. The van der Waals surface area contributed by atoms with Gasteiger partial charge in [-0.05, 0) is 39.2 Å². The highest BCUT2D eigenvalue weighted by Crippen LogP contribution is 2.19. The first kappa shape index (κ1) is 11.9. The van der Waals surface area contributed by atoms with Crippen molar-refractivity contribution in [1.29, 1.82) is 0 Å². The van der Waals surface area contributed by atoms with Crippen LogP contribution in [0.15, 0.2) is 0 Å². The molecule has 2 heterocycles. The minimum atomic E-state index is 0.373. The Balaban J connectivity index is 1.95. The highest BCUT2D eigenvalue weighted by molar-refractivity contribution is 5.76. The summed E-state index contributed by atoms with van der Waals surface area (Å²) in [5.74, 6) is 0.373. The van der Waals surface area contributed by atoms with Gasteiger partial charge in [-0.25, -0.2) is 0 Å². The van der Waals surface area contributed by atoms with Crippen LogP contribution in [0.1, 0.15) is 51.9 Å². The average Bonchev–Trinajstić information content (AvgIpc) is 2.54. The van der Waals surface area contributed by atoms with Gasteiger partial charge in [-0.3, -0.25) is 4.79 Å². The van der Waals surface area contributed by atoms with E-state index in [4.69, 9.17) is 0 Å². The maximum atomic E-state index is 12.0. The predicted molar refractivity (Wildman–Crippen MR) is 65.3 cm³/mol. The Morgan fingerprint density at radius 1 is 1.25 bits per heavy atom. The van der Waals surface area contributed by atoms with Crippen molar-refractivity contribution >= 4 is 5.91 Å². The lowest BCUT2D eigenvalue weighted by molar-refractivity contribution is -0.133. The van der Waals surface area contributed by atoms with Gasteiger partial charge >= 0.3 is 0 Å². The van der Waals surface area contributed by atoms with Crippen LogP contribution in [-0.4, -0.2) is 36.0 Å². The summed E-state index contributed by atoms with van der Waals surface area (Å²) >= 11 is 0. The molecule has 0 aromatic carbocycles. The fraction of sp³-hybridized carbons (Fsp3) is 0.923. The van der Waals surface area contributed by atoms with Gasteiger partial charge < -0.3 is 10.2 Å². The summed E-state index contributed by atoms with van der Waals surface area (Å²) in [7, 11) is 0. The van der Waals surface area contributed by atoms with Gasteiger partial charge in [0.1, 0.15) is 0 Å². The van der Waals surface area contributed by atoms with Gasteiger partial charge in [0.25, 0.3) is 0 Å². The van der Waals surface area contributed by atoms with Gasteiger partial charge in [0, 0.05) is 25.0 Å². The monoisotopic (exact) mass is 224 g/mol. The molecular weight excluding hydrogens is 200 g/mol. The maximum absolute atomic E-state index is 12.0. The van der Waals surface area contributed by atoms with Crippen molar-refractivity contribution in [3.05, 3.63) is 0 Å². The Hall–Kier alpha value is -0.570. The molecule has 2 rings (SSSR count). The lowest BCUT2D eigenvalue weighted by Crippen LogP contribution is -2.52. The number of hydrogen-bond acceptors (Lipinski definition) is 2. The Bertz CT molecular complexity index is 236. The third kappa shape index (κ3) is 2.76. The minimum Gasteiger partial charge on any atom is -0.338 e. The largest absolute Gasteiger partial charge is 0.338 e. The third-order valence-corrected chi connectivity index (χ3v) is 4.03. The molecule has 16 heavy (non-hydrogen) atoms. The molecule has 3 heteroatoms. The molecule has 2 aliphatic rings. The van der Waals surface area contributed by atoms with Crippen molar-refractivity contribution in [2.45, 2.75) is 64.0 Å². The van der Waals surface area contributed by atoms with E-state index in [1.54, 1.807) is 0 Å². The number of carbonyl (C=O) groups is 1. The van der Waals surface area contributed by atoms with E-state index in [0.717, 1.165) is 25.9 Å². The van der Waals surface area contributed by atoms with Crippen molar-refractivity contribution in [2.24, 2.45) is 0 Å². The summed E-state index contributed by atoms with van der Waals surface area (Å²) < 4.78 is 0. The van der Waals surface area contributed by atoms with Gasteiger partial charge in [0.15, 0.2) is 0 Å². The number of amides is 1. The van der Waals surface area contributed by atoms with Crippen LogP contribution in [0.4, 0.5) is 0 Å². The van der Waals surface area contributed by atoms with E-state index in [1.165, 1.54) is 32.1 Å². The zero-order chi connectivity index (χ0) is 11.4. The number of hydrogen-bond donors (Lipinski definition) is 1. The van der Waals surface area contributed by atoms with Crippen LogP contribution < -0.4 is 5.32 Å². The first-order valence-corrected chi connectivity index (χ1v) is 6.82. The summed E-state index contributed by atoms with van der Waals surface area (Å²) in [6, 6.07) is 0.904. The van der Waals surface area contributed by atoms with Crippen molar-refractivity contribution in [3.63, 3.8) is 0 Å². The van der Waals surface area contributed by atoms with Crippen LogP contribution in [0, 0.1) is 0 Å². The van der Waals surface area contributed by atoms with E-state index in [1.807, 2.05) is 0 Å². The molecule has 2 saturated heterocycles.